The van der Waals surface area contributed by atoms with E-state index in [9.17, 15) is 4.79 Å². The molecule has 0 atom stereocenters. The Balaban J connectivity index is 2.53. The first-order chi connectivity index (χ1) is 8.34. The van der Waals surface area contributed by atoms with Crippen molar-refractivity contribution in [3.05, 3.63) is 27.7 Å². The number of hydrogen-bond acceptors (Lipinski definition) is 2. The van der Waals surface area contributed by atoms with Gasteiger partial charge in [0.1, 0.15) is 5.75 Å². The molecule has 18 heavy (non-hydrogen) atoms. The van der Waals surface area contributed by atoms with Crippen LogP contribution in [0.3, 0.4) is 0 Å². The van der Waals surface area contributed by atoms with Gasteiger partial charge in [-0.05, 0) is 54.4 Å². The summed E-state index contributed by atoms with van der Waals surface area (Å²) in [6.45, 7) is 5.97. The number of hydrogen-bond donors (Lipinski definition) is 1. The highest BCUT2D eigenvalue weighted by atomic mass is 79.9. The van der Waals surface area contributed by atoms with Gasteiger partial charge in [0.2, 0.25) is 0 Å². The number of nitrogens with one attached hydrogen (secondary N) is 1. The van der Waals surface area contributed by atoms with Gasteiger partial charge in [-0.3, -0.25) is 4.79 Å². The second kappa shape index (κ2) is 6.43. The van der Waals surface area contributed by atoms with E-state index in [0.717, 1.165) is 10.9 Å². The quantitative estimate of drug-likeness (QED) is 0.890. The van der Waals surface area contributed by atoms with Gasteiger partial charge >= 0.3 is 0 Å². The minimum Gasteiger partial charge on any atom is -0.483 e. The van der Waals surface area contributed by atoms with Crippen molar-refractivity contribution in [1.29, 1.82) is 0 Å². The normalized spacial score (nSPS) is 11.2. The average molecular weight is 335 g/mol. The number of amides is 1. The topological polar surface area (TPSA) is 38.3 Å². The van der Waals surface area contributed by atoms with Gasteiger partial charge in [0.15, 0.2) is 6.61 Å². The Morgan fingerprint density at radius 2 is 2.17 bits per heavy atom. The van der Waals surface area contributed by atoms with Crippen LogP contribution in [0.1, 0.15) is 27.2 Å². The van der Waals surface area contributed by atoms with E-state index < -0.39 is 0 Å². The largest absolute Gasteiger partial charge is 0.483 e. The highest BCUT2D eigenvalue weighted by Crippen LogP contribution is 2.27. The van der Waals surface area contributed by atoms with E-state index in [0.29, 0.717) is 10.8 Å². The van der Waals surface area contributed by atoms with E-state index in [-0.39, 0.29) is 18.1 Å². The molecule has 0 saturated carbocycles. The van der Waals surface area contributed by atoms with Crippen LogP contribution in [-0.4, -0.2) is 18.1 Å². The Bertz CT molecular complexity index is 435. The summed E-state index contributed by atoms with van der Waals surface area (Å²) in [5.74, 6) is 0.465. The minimum absolute atomic E-state index is 0.0103. The first-order valence-electron chi connectivity index (χ1n) is 5.73. The second-order valence-electron chi connectivity index (χ2n) is 4.65. The molecule has 0 aromatic heterocycles. The molecule has 1 aromatic rings. The minimum atomic E-state index is -0.211. The molecule has 0 aliphatic rings. The maximum absolute atomic E-state index is 11.7. The highest BCUT2D eigenvalue weighted by molar-refractivity contribution is 9.10. The third kappa shape index (κ3) is 4.86. The lowest BCUT2D eigenvalue weighted by Gasteiger charge is -2.24. The summed E-state index contributed by atoms with van der Waals surface area (Å²) in [4.78, 5) is 11.7. The summed E-state index contributed by atoms with van der Waals surface area (Å²) in [6.07, 6.45) is 0.864. The molecule has 0 fully saturated rings. The average Bonchev–Trinajstić information content (AvgIpc) is 2.27. The molecule has 0 unspecified atom stereocenters. The summed E-state index contributed by atoms with van der Waals surface area (Å²) >= 11 is 9.15. The number of carbonyl (C=O) groups is 1. The standard InChI is InChI=1S/C13H17BrClNO2/c1-4-13(2,3)16-12(17)8-18-11-6-5-9(15)7-10(11)14/h5-7H,4,8H2,1-3H3,(H,16,17). The monoisotopic (exact) mass is 333 g/mol. The number of rotatable bonds is 5. The molecular weight excluding hydrogens is 318 g/mol. The first-order valence-corrected chi connectivity index (χ1v) is 6.90. The zero-order valence-corrected chi connectivity index (χ0v) is 13.1. The molecule has 0 aliphatic carbocycles. The lowest BCUT2D eigenvalue weighted by molar-refractivity contribution is -0.124. The van der Waals surface area contributed by atoms with Crippen molar-refractivity contribution in [2.45, 2.75) is 32.7 Å². The van der Waals surface area contributed by atoms with Crippen molar-refractivity contribution in [2.24, 2.45) is 0 Å². The lowest BCUT2D eigenvalue weighted by atomic mass is 10.0. The molecule has 0 heterocycles. The second-order valence-corrected chi connectivity index (χ2v) is 5.94. The maximum atomic E-state index is 11.7. The van der Waals surface area contributed by atoms with Crippen LogP contribution in [0.4, 0.5) is 0 Å². The van der Waals surface area contributed by atoms with E-state index >= 15 is 0 Å². The van der Waals surface area contributed by atoms with Crippen molar-refractivity contribution in [3.8, 4) is 5.75 Å². The lowest BCUT2D eigenvalue weighted by Crippen LogP contribution is -2.44. The van der Waals surface area contributed by atoms with Crippen LogP contribution in [0.5, 0.6) is 5.75 Å². The van der Waals surface area contributed by atoms with Gasteiger partial charge in [-0.25, -0.2) is 0 Å². The molecule has 0 bridgehead atoms. The van der Waals surface area contributed by atoms with E-state index in [4.69, 9.17) is 16.3 Å². The molecule has 5 heteroatoms. The number of halogens is 2. The Hall–Kier alpha value is -0.740. The van der Waals surface area contributed by atoms with E-state index in [1.54, 1.807) is 18.2 Å². The van der Waals surface area contributed by atoms with Crippen LogP contribution < -0.4 is 10.1 Å². The third-order valence-corrected chi connectivity index (χ3v) is 3.47. The van der Waals surface area contributed by atoms with Gasteiger partial charge < -0.3 is 10.1 Å². The van der Waals surface area contributed by atoms with E-state index in [1.807, 2.05) is 20.8 Å². The van der Waals surface area contributed by atoms with Gasteiger partial charge in [-0.1, -0.05) is 18.5 Å². The summed E-state index contributed by atoms with van der Waals surface area (Å²) < 4.78 is 6.16. The smallest absolute Gasteiger partial charge is 0.258 e. The fourth-order valence-electron chi connectivity index (χ4n) is 1.24. The zero-order chi connectivity index (χ0) is 13.8. The molecule has 0 saturated heterocycles. The van der Waals surface area contributed by atoms with E-state index in [2.05, 4.69) is 21.2 Å². The summed E-state index contributed by atoms with van der Waals surface area (Å²) in [5.41, 5.74) is -0.211. The summed E-state index contributed by atoms with van der Waals surface area (Å²) in [6, 6.07) is 5.17. The highest BCUT2D eigenvalue weighted by Gasteiger charge is 2.18. The van der Waals surface area contributed by atoms with Crippen LogP contribution in [0.25, 0.3) is 0 Å². The molecule has 100 valence electrons. The van der Waals surface area contributed by atoms with Gasteiger partial charge in [-0.15, -0.1) is 0 Å². The van der Waals surface area contributed by atoms with Crippen LogP contribution >= 0.6 is 27.5 Å². The van der Waals surface area contributed by atoms with Crippen LogP contribution in [0, 0.1) is 0 Å². The number of carbonyl (C=O) groups excluding carboxylic acids is 1. The summed E-state index contributed by atoms with van der Waals surface area (Å²) in [7, 11) is 0. The summed E-state index contributed by atoms with van der Waals surface area (Å²) in [5, 5.41) is 3.52. The van der Waals surface area contributed by atoms with Gasteiger partial charge in [-0.2, -0.15) is 0 Å². The molecule has 1 N–H and O–H groups in total. The molecule has 0 spiro atoms. The predicted octanol–water partition coefficient (Wildman–Crippen LogP) is 3.79. The van der Waals surface area contributed by atoms with Crippen molar-refractivity contribution in [3.63, 3.8) is 0 Å². The van der Waals surface area contributed by atoms with Crippen LogP contribution in [-0.2, 0) is 4.79 Å². The van der Waals surface area contributed by atoms with Crippen molar-refractivity contribution in [1.82, 2.24) is 5.32 Å². The SMILES string of the molecule is CCC(C)(C)NC(=O)COc1ccc(Cl)cc1Br. The molecule has 3 nitrogen and oxygen atoms in total. The Morgan fingerprint density at radius 1 is 1.50 bits per heavy atom. The fourth-order valence-corrected chi connectivity index (χ4v) is 2.03. The van der Waals surface area contributed by atoms with Gasteiger partial charge in [0.05, 0.1) is 4.47 Å². The molecule has 1 rings (SSSR count). The zero-order valence-electron chi connectivity index (χ0n) is 10.7. The van der Waals surface area contributed by atoms with Gasteiger partial charge in [0, 0.05) is 10.6 Å². The first kappa shape index (κ1) is 15.3. The van der Waals surface area contributed by atoms with Crippen molar-refractivity contribution >= 4 is 33.4 Å². The van der Waals surface area contributed by atoms with Gasteiger partial charge in [0.25, 0.3) is 5.91 Å². The predicted molar refractivity (Wildman–Crippen MR) is 77.2 cm³/mol. The Morgan fingerprint density at radius 3 is 2.72 bits per heavy atom. The molecule has 0 aliphatic heterocycles. The fraction of sp³-hybridized carbons (Fsp3) is 0.462. The number of benzene rings is 1. The number of ether oxygens (including phenoxy) is 1. The van der Waals surface area contributed by atoms with Crippen LogP contribution in [0.2, 0.25) is 5.02 Å². The third-order valence-electron chi connectivity index (χ3n) is 2.61. The van der Waals surface area contributed by atoms with E-state index in [1.165, 1.54) is 0 Å². The Kier molecular flexibility index (Phi) is 5.47. The molecule has 0 radical (unpaired) electrons. The van der Waals surface area contributed by atoms with Crippen molar-refractivity contribution in [2.75, 3.05) is 6.61 Å². The Labute approximate surface area is 121 Å². The van der Waals surface area contributed by atoms with Crippen LogP contribution in [0.15, 0.2) is 22.7 Å². The maximum Gasteiger partial charge on any atom is 0.258 e. The molecular formula is C13H17BrClNO2. The van der Waals surface area contributed by atoms with Crippen molar-refractivity contribution < 1.29 is 9.53 Å². The molecule has 1 aromatic carbocycles. The molecule has 1 amide bonds.